The number of carbonyl (C=O) groups excluding carboxylic acids is 1. The lowest BCUT2D eigenvalue weighted by molar-refractivity contribution is 0.102. The maximum atomic E-state index is 11.8. The molecule has 0 radical (unpaired) electrons. The van der Waals surface area contributed by atoms with Gasteiger partial charge in [0, 0.05) is 18.4 Å². The van der Waals surface area contributed by atoms with E-state index in [1.54, 1.807) is 24.3 Å². The summed E-state index contributed by atoms with van der Waals surface area (Å²) >= 11 is 0. The minimum atomic E-state index is -0.406. The maximum Gasteiger partial charge on any atom is 0.275 e. The van der Waals surface area contributed by atoms with E-state index in [2.05, 4.69) is 15.3 Å². The Morgan fingerprint density at radius 1 is 1.35 bits per heavy atom. The standard InChI is InChI=1S/C13H14N4O3/c14-5-6-20-10-3-1-9(2-4-10)17-13(19)11-7-16-12(18)8-15-11/h1-4,7-8H,5-6,14H2,(H,16,18)(H,17,19). The number of benzene rings is 1. The fourth-order valence-electron chi connectivity index (χ4n) is 1.47. The second kappa shape index (κ2) is 6.48. The van der Waals surface area contributed by atoms with E-state index in [0.29, 0.717) is 24.6 Å². The van der Waals surface area contributed by atoms with Crippen molar-refractivity contribution in [3.8, 4) is 5.75 Å². The number of rotatable bonds is 5. The number of nitrogens with two attached hydrogens (primary N) is 1. The minimum Gasteiger partial charge on any atom is -0.492 e. The zero-order chi connectivity index (χ0) is 14.4. The van der Waals surface area contributed by atoms with Crippen LogP contribution in [0.4, 0.5) is 5.69 Å². The van der Waals surface area contributed by atoms with E-state index in [1.165, 1.54) is 6.20 Å². The number of amides is 1. The van der Waals surface area contributed by atoms with Crippen LogP contribution in [0.5, 0.6) is 5.75 Å². The van der Waals surface area contributed by atoms with Crippen molar-refractivity contribution in [2.45, 2.75) is 0 Å². The van der Waals surface area contributed by atoms with Crippen LogP contribution in [0.3, 0.4) is 0 Å². The summed E-state index contributed by atoms with van der Waals surface area (Å²) in [7, 11) is 0. The first kappa shape index (κ1) is 13.8. The van der Waals surface area contributed by atoms with Gasteiger partial charge in [-0.2, -0.15) is 0 Å². The average molecular weight is 274 g/mol. The van der Waals surface area contributed by atoms with Gasteiger partial charge in [0.25, 0.3) is 11.5 Å². The molecule has 0 aliphatic carbocycles. The number of anilines is 1. The maximum absolute atomic E-state index is 11.8. The van der Waals surface area contributed by atoms with Gasteiger partial charge in [0.2, 0.25) is 0 Å². The Morgan fingerprint density at radius 3 is 2.70 bits per heavy atom. The SMILES string of the molecule is NCCOc1ccc(NC(=O)c2c[nH]c(=O)cn2)cc1. The van der Waals surface area contributed by atoms with E-state index >= 15 is 0 Å². The van der Waals surface area contributed by atoms with Crippen LogP contribution in [0, 0.1) is 0 Å². The third kappa shape index (κ3) is 3.66. The summed E-state index contributed by atoms with van der Waals surface area (Å²) in [5, 5.41) is 2.66. The predicted molar refractivity (Wildman–Crippen MR) is 73.8 cm³/mol. The van der Waals surface area contributed by atoms with Crippen molar-refractivity contribution in [3.05, 3.63) is 52.7 Å². The van der Waals surface area contributed by atoms with Crippen molar-refractivity contribution >= 4 is 11.6 Å². The number of ether oxygens (including phenoxy) is 1. The zero-order valence-electron chi connectivity index (χ0n) is 10.6. The molecule has 2 aromatic rings. The van der Waals surface area contributed by atoms with Crippen LogP contribution in [0.1, 0.15) is 10.5 Å². The van der Waals surface area contributed by atoms with Gasteiger partial charge in [-0.3, -0.25) is 9.59 Å². The van der Waals surface area contributed by atoms with E-state index in [9.17, 15) is 9.59 Å². The highest BCUT2D eigenvalue weighted by molar-refractivity contribution is 6.02. The highest BCUT2D eigenvalue weighted by Gasteiger charge is 2.07. The monoisotopic (exact) mass is 274 g/mol. The highest BCUT2D eigenvalue weighted by atomic mass is 16.5. The van der Waals surface area contributed by atoms with Crippen LogP contribution >= 0.6 is 0 Å². The van der Waals surface area contributed by atoms with E-state index in [1.807, 2.05) is 0 Å². The number of nitrogens with zero attached hydrogens (tertiary/aromatic N) is 1. The molecule has 1 aromatic heterocycles. The Bertz CT molecular complexity index is 616. The summed E-state index contributed by atoms with van der Waals surface area (Å²) in [6, 6.07) is 6.86. The van der Waals surface area contributed by atoms with E-state index in [4.69, 9.17) is 10.5 Å². The van der Waals surface area contributed by atoms with Crippen LogP contribution in [0.2, 0.25) is 0 Å². The topological polar surface area (TPSA) is 110 Å². The second-order valence-corrected chi connectivity index (χ2v) is 3.91. The van der Waals surface area contributed by atoms with Crippen molar-refractivity contribution in [2.75, 3.05) is 18.5 Å². The lowest BCUT2D eigenvalue weighted by Gasteiger charge is -2.07. The number of carbonyl (C=O) groups is 1. The molecule has 0 bridgehead atoms. The summed E-state index contributed by atoms with van der Waals surface area (Å²) in [6.45, 7) is 0.878. The van der Waals surface area contributed by atoms with Gasteiger partial charge in [0.1, 0.15) is 18.1 Å². The summed E-state index contributed by atoms with van der Waals surface area (Å²) in [5.74, 6) is 0.271. The van der Waals surface area contributed by atoms with Gasteiger partial charge in [0.15, 0.2) is 0 Å². The molecule has 0 aliphatic rings. The number of aromatic amines is 1. The summed E-state index contributed by atoms with van der Waals surface area (Å²) in [6.07, 6.45) is 2.31. The lowest BCUT2D eigenvalue weighted by atomic mass is 10.3. The summed E-state index contributed by atoms with van der Waals surface area (Å²) in [5.41, 5.74) is 5.71. The third-order valence-corrected chi connectivity index (χ3v) is 2.40. The highest BCUT2D eigenvalue weighted by Crippen LogP contribution is 2.15. The van der Waals surface area contributed by atoms with Crippen LogP contribution < -0.4 is 21.3 Å². The van der Waals surface area contributed by atoms with Crippen molar-refractivity contribution in [2.24, 2.45) is 5.73 Å². The van der Waals surface area contributed by atoms with Gasteiger partial charge < -0.3 is 20.8 Å². The number of hydrogen-bond acceptors (Lipinski definition) is 5. The molecular weight excluding hydrogens is 260 g/mol. The molecule has 0 saturated carbocycles. The minimum absolute atomic E-state index is 0.132. The van der Waals surface area contributed by atoms with Crippen LogP contribution in [-0.2, 0) is 0 Å². The van der Waals surface area contributed by atoms with Crippen molar-refractivity contribution in [1.29, 1.82) is 0 Å². The van der Waals surface area contributed by atoms with Gasteiger partial charge in [-0.15, -0.1) is 0 Å². The van der Waals surface area contributed by atoms with Crippen molar-refractivity contribution in [1.82, 2.24) is 9.97 Å². The van der Waals surface area contributed by atoms with E-state index in [-0.39, 0.29) is 11.3 Å². The molecule has 7 nitrogen and oxygen atoms in total. The van der Waals surface area contributed by atoms with Gasteiger partial charge in [0.05, 0.1) is 6.20 Å². The molecule has 1 aromatic carbocycles. The Hall–Kier alpha value is -2.67. The lowest BCUT2D eigenvalue weighted by Crippen LogP contribution is -2.16. The molecule has 20 heavy (non-hydrogen) atoms. The third-order valence-electron chi connectivity index (χ3n) is 2.40. The fourth-order valence-corrected chi connectivity index (χ4v) is 1.47. The first-order valence-electron chi connectivity index (χ1n) is 5.98. The average Bonchev–Trinajstić information content (AvgIpc) is 2.47. The van der Waals surface area contributed by atoms with Crippen LogP contribution in [0.15, 0.2) is 41.5 Å². The Balaban J connectivity index is 2.00. The Labute approximate surface area is 114 Å². The molecule has 0 aliphatic heterocycles. The van der Waals surface area contributed by atoms with E-state index < -0.39 is 5.91 Å². The number of hydrogen-bond donors (Lipinski definition) is 3. The zero-order valence-corrected chi connectivity index (χ0v) is 10.6. The molecular formula is C13H14N4O3. The molecule has 104 valence electrons. The molecule has 1 amide bonds. The molecule has 0 saturated heterocycles. The summed E-state index contributed by atoms with van der Waals surface area (Å²) in [4.78, 5) is 28.8. The normalized spacial score (nSPS) is 10.1. The summed E-state index contributed by atoms with van der Waals surface area (Å²) < 4.78 is 5.32. The van der Waals surface area contributed by atoms with Gasteiger partial charge in [-0.1, -0.05) is 0 Å². The quantitative estimate of drug-likeness (QED) is 0.729. The first-order valence-corrected chi connectivity index (χ1v) is 5.98. The molecule has 7 heteroatoms. The number of nitrogens with one attached hydrogen (secondary N) is 2. The Morgan fingerprint density at radius 2 is 2.10 bits per heavy atom. The first-order chi connectivity index (χ1) is 9.69. The Kier molecular flexibility index (Phi) is 4.46. The molecule has 2 rings (SSSR count). The molecule has 0 fully saturated rings. The molecule has 4 N–H and O–H groups in total. The van der Waals surface area contributed by atoms with Gasteiger partial charge in [-0.05, 0) is 24.3 Å². The van der Waals surface area contributed by atoms with Crippen molar-refractivity contribution in [3.63, 3.8) is 0 Å². The molecule has 0 unspecified atom stereocenters. The number of H-pyrrole nitrogens is 1. The second-order valence-electron chi connectivity index (χ2n) is 3.91. The van der Waals surface area contributed by atoms with Crippen LogP contribution in [-0.4, -0.2) is 29.0 Å². The smallest absolute Gasteiger partial charge is 0.275 e. The van der Waals surface area contributed by atoms with Gasteiger partial charge in [-0.25, -0.2) is 4.98 Å². The largest absolute Gasteiger partial charge is 0.492 e. The molecule has 0 atom stereocenters. The molecule has 1 heterocycles. The van der Waals surface area contributed by atoms with E-state index in [0.717, 1.165) is 6.20 Å². The van der Waals surface area contributed by atoms with Crippen LogP contribution in [0.25, 0.3) is 0 Å². The van der Waals surface area contributed by atoms with Crippen molar-refractivity contribution < 1.29 is 9.53 Å². The number of aromatic nitrogens is 2. The predicted octanol–water partition coefficient (Wildman–Crippen LogP) is 0.360. The fraction of sp³-hybridized carbons (Fsp3) is 0.154. The van der Waals surface area contributed by atoms with Gasteiger partial charge >= 0.3 is 0 Å². The molecule has 0 spiro atoms.